The topological polar surface area (TPSA) is 76.1 Å². The average Bonchev–Trinajstić information content (AvgIpc) is 2.52. The molecule has 1 saturated carbocycles. The number of hydrogen-bond donors (Lipinski definition) is 2. The van der Waals surface area contributed by atoms with Crippen LogP contribution in [0.15, 0.2) is 0 Å². The van der Waals surface area contributed by atoms with Crippen LogP contribution in [0.5, 0.6) is 0 Å². The van der Waals surface area contributed by atoms with Gasteiger partial charge in [-0.2, -0.15) is 0 Å². The highest BCUT2D eigenvalue weighted by Crippen LogP contribution is 2.42. The molecule has 0 bridgehead atoms. The second kappa shape index (κ2) is 6.76. The summed E-state index contributed by atoms with van der Waals surface area (Å²) in [7, 11) is 0. The lowest BCUT2D eigenvalue weighted by Crippen LogP contribution is -2.76. The molecule has 0 aromatic heterocycles. The Kier molecular flexibility index (Phi) is 4.99. The monoisotopic (exact) mass is 352 g/mol. The van der Waals surface area contributed by atoms with E-state index in [0.717, 1.165) is 32.5 Å². The molecule has 0 unspecified atom stereocenters. The van der Waals surface area contributed by atoms with Gasteiger partial charge in [0.15, 0.2) is 0 Å². The first-order valence-corrected chi connectivity index (χ1v) is 9.52. The minimum atomic E-state index is -1.02. The number of carbonyl (C=O) groups excluding carboxylic acids is 1. The molecule has 2 heterocycles. The molecular formula is C18H32N4O3. The maximum Gasteiger partial charge on any atom is 0.408 e. The molecule has 0 spiro atoms. The van der Waals surface area contributed by atoms with Crippen LogP contribution in [0.2, 0.25) is 0 Å². The Bertz CT molecular complexity index is 523. The van der Waals surface area contributed by atoms with Gasteiger partial charge in [-0.3, -0.25) is 14.6 Å². The summed E-state index contributed by atoms with van der Waals surface area (Å²) in [5, 5.41) is 13.2. The molecule has 3 aliphatic rings. The first-order valence-electron chi connectivity index (χ1n) is 9.52. The molecule has 2 saturated heterocycles. The Morgan fingerprint density at radius 1 is 1.08 bits per heavy atom. The molecule has 142 valence electrons. The minimum absolute atomic E-state index is 0.0204. The molecule has 0 aromatic carbocycles. The fourth-order valence-corrected chi connectivity index (χ4v) is 4.48. The number of nitrogens with zero attached hydrogens (tertiary/aromatic N) is 3. The van der Waals surface area contributed by atoms with E-state index in [4.69, 9.17) is 0 Å². The highest BCUT2D eigenvalue weighted by atomic mass is 16.4. The number of piperazine rings is 2. The highest BCUT2D eigenvalue weighted by molar-refractivity contribution is 5.91. The van der Waals surface area contributed by atoms with E-state index in [0.29, 0.717) is 32.2 Å². The van der Waals surface area contributed by atoms with Crippen molar-refractivity contribution >= 4 is 12.0 Å². The van der Waals surface area contributed by atoms with Crippen LogP contribution in [0.25, 0.3) is 0 Å². The molecule has 0 aromatic rings. The SMILES string of the molecule is CC(C)(C)[C@]1(C(=O)N2CCNCC2)CN(C2CCC2)CCN1C(=O)O. The fraction of sp³-hybridized carbons (Fsp3) is 0.889. The lowest BCUT2D eigenvalue weighted by atomic mass is 9.69. The van der Waals surface area contributed by atoms with Gasteiger partial charge in [0.05, 0.1) is 0 Å². The maximum atomic E-state index is 13.7. The van der Waals surface area contributed by atoms with Crippen LogP contribution in [0, 0.1) is 5.41 Å². The average molecular weight is 352 g/mol. The van der Waals surface area contributed by atoms with Crippen molar-refractivity contribution in [3.8, 4) is 0 Å². The zero-order chi connectivity index (χ0) is 18.2. The summed E-state index contributed by atoms with van der Waals surface area (Å²) in [5.74, 6) is -0.0204. The van der Waals surface area contributed by atoms with Gasteiger partial charge >= 0.3 is 6.09 Å². The summed E-state index contributed by atoms with van der Waals surface area (Å²) in [6.45, 7) is 10.5. The van der Waals surface area contributed by atoms with Crippen molar-refractivity contribution in [2.75, 3.05) is 45.8 Å². The first-order chi connectivity index (χ1) is 11.8. The van der Waals surface area contributed by atoms with Crippen molar-refractivity contribution in [3.63, 3.8) is 0 Å². The van der Waals surface area contributed by atoms with E-state index in [9.17, 15) is 14.7 Å². The minimum Gasteiger partial charge on any atom is -0.465 e. The molecule has 3 rings (SSSR count). The Morgan fingerprint density at radius 2 is 1.72 bits per heavy atom. The molecule has 0 radical (unpaired) electrons. The fourth-order valence-electron chi connectivity index (χ4n) is 4.48. The van der Waals surface area contributed by atoms with E-state index in [-0.39, 0.29) is 5.91 Å². The van der Waals surface area contributed by atoms with Crippen LogP contribution in [0.1, 0.15) is 40.0 Å². The molecule has 3 fully saturated rings. The molecule has 1 atom stereocenters. The number of nitrogens with one attached hydrogen (secondary N) is 1. The van der Waals surface area contributed by atoms with Crippen LogP contribution in [-0.4, -0.2) is 89.2 Å². The largest absolute Gasteiger partial charge is 0.465 e. The molecule has 7 nitrogen and oxygen atoms in total. The van der Waals surface area contributed by atoms with Gasteiger partial charge in [-0.1, -0.05) is 27.2 Å². The van der Waals surface area contributed by atoms with Gasteiger partial charge in [0.1, 0.15) is 5.54 Å². The van der Waals surface area contributed by atoms with Gasteiger partial charge in [-0.15, -0.1) is 0 Å². The third-order valence-corrected chi connectivity index (χ3v) is 6.32. The van der Waals surface area contributed by atoms with Gasteiger partial charge in [-0.05, 0) is 18.3 Å². The van der Waals surface area contributed by atoms with Gasteiger partial charge in [0.25, 0.3) is 5.91 Å². The normalized spacial score (nSPS) is 29.4. The van der Waals surface area contributed by atoms with Gasteiger partial charge < -0.3 is 15.3 Å². The van der Waals surface area contributed by atoms with Crippen molar-refractivity contribution in [3.05, 3.63) is 0 Å². The predicted octanol–water partition coefficient (Wildman–Crippen LogP) is 1.05. The number of amides is 2. The molecule has 25 heavy (non-hydrogen) atoms. The second-order valence-electron chi connectivity index (χ2n) is 8.64. The second-order valence-corrected chi connectivity index (χ2v) is 8.64. The first kappa shape index (κ1) is 18.5. The molecule has 2 N–H and O–H groups in total. The third kappa shape index (κ3) is 3.12. The van der Waals surface area contributed by atoms with Gasteiger partial charge in [0.2, 0.25) is 0 Å². The summed E-state index contributed by atoms with van der Waals surface area (Å²) >= 11 is 0. The Labute approximate surface area is 150 Å². The number of hydrogen-bond acceptors (Lipinski definition) is 4. The Balaban J connectivity index is 1.97. The quantitative estimate of drug-likeness (QED) is 0.777. The van der Waals surface area contributed by atoms with E-state index < -0.39 is 17.0 Å². The summed E-state index contributed by atoms with van der Waals surface area (Å²) in [6, 6.07) is 0.508. The molecular weight excluding hydrogens is 320 g/mol. The van der Waals surface area contributed by atoms with Crippen molar-refractivity contribution < 1.29 is 14.7 Å². The van der Waals surface area contributed by atoms with Crippen LogP contribution >= 0.6 is 0 Å². The van der Waals surface area contributed by atoms with E-state index in [1.54, 1.807) is 0 Å². The Morgan fingerprint density at radius 3 is 2.20 bits per heavy atom. The van der Waals surface area contributed by atoms with Crippen LogP contribution in [0.4, 0.5) is 4.79 Å². The predicted molar refractivity (Wildman–Crippen MR) is 95.6 cm³/mol. The van der Waals surface area contributed by atoms with Crippen LogP contribution < -0.4 is 5.32 Å². The van der Waals surface area contributed by atoms with E-state index in [1.807, 2.05) is 25.7 Å². The third-order valence-electron chi connectivity index (χ3n) is 6.32. The number of carboxylic acid groups (broad SMARTS) is 1. The van der Waals surface area contributed by atoms with Crippen LogP contribution in [0.3, 0.4) is 0 Å². The van der Waals surface area contributed by atoms with Crippen molar-refractivity contribution in [1.29, 1.82) is 0 Å². The lowest BCUT2D eigenvalue weighted by Gasteiger charge is -2.58. The Hall–Kier alpha value is -1.34. The lowest BCUT2D eigenvalue weighted by molar-refractivity contribution is -0.161. The van der Waals surface area contributed by atoms with E-state index in [1.165, 1.54) is 11.3 Å². The standard InChI is InChI=1S/C18H32N4O3/c1-17(2,3)18(15(23)20-9-7-19-8-10-20)13-21(14-5-4-6-14)11-12-22(18)16(24)25/h14,19H,4-13H2,1-3H3,(H,24,25)/t18-/m1/s1. The van der Waals surface area contributed by atoms with Crippen molar-refractivity contribution in [1.82, 2.24) is 20.0 Å². The summed E-state index contributed by atoms with van der Waals surface area (Å²) < 4.78 is 0. The zero-order valence-electron chi connectivity index (χ0n) is 15.8. The summed E-state index contributed by atoms with van der Waals surface area (Å²) in [5.41, 5.74) is -1.50. The summed E-state index contributed by atoms with van der Waals surface area (Å²) in [6.07, 6.45) is 2.58. The van der Waals surface area contributed by atoms with Gasteiger partial charge in [-0.25, -0.2) is 4.79 Å². The zero-order valence-corrected chi connectivity index (χ0v) is 15.8. The highest BCUT2D eigenvalue weighted by Gasteiger charge is 2.59. The summed E-state index contributed by atoms with van der Waals surface area (Å²) in [4.78, 5) is 31.4. The number of rotatable bonds is 2. The van der Waals surface area contributed by atoms with E-state index >= 15 is 0 Å². The molecule has 1 aliphatic carbocycles. The molecule has 2 amide bonds. The smallest absolute Gasteiger partial charge is 0.408 e. The van der Waals surface area contributed by atoms with Gasteiger partial charge in [0, 0.05) is 51.9 Å². The molecule has 2 aliphatic heterocycles. The number of carbonyl (C=O) groups is 2. The van der Waals surface area contributed by atoms with Crippen molar-refractivity contribution in [2.24, 2.45) is 5.41 Å². The van der Waals surface area contributed by atoms with E-state index in [2.05, 4.69) is 10.2 Å². The van der Waals surface area contributed by atoms with Crippen molar-refractivity contribution in [2.45, 2.75) is 51.6 Å². The maximum absolute atomic E-state index is 13.7. The van der Waals surface area contributed by atoms with Crippen LogP contribution in [-0.2, 0) is 4.79 Å². The molecule has 7 heteroatoms.